The number of fused-ring (bicyclic) bond motifs is 1. The standard InChI is InChI=1S/C19H23N3O3/c1-13(18(23)20-12-11-14-7-3-2-4-8-14)25-19(24)17-15-9-5-6-10-16(15)21-22-17/h5-7,9-10,13H,2-4,8,11-12H2,1H3,(H,20,23)(H,21,22)/t13-/m1/s1. The van der Waals surface area contributed by atoms with Crippen molar-refractivity contribution in [1.29, 1.82) is 0 Å². The summed E-state index contributed by atoms with van der Waals surface area (Å²) in [5.41, 5.74) is 2.36. The molecule has 6 heteroatoms. The third kappa shape index (κ3) is 4.26. The fourth-order valence-corrected chi connectivity index (χ4v) is 3.01. The summed E-state index contributed by atoms with van der Waals surface area (Å²) in [4.78, 5) is 24.4. The van der Waals surface area contributed by atoms with E-state index in [4.69, 9.17) is 4.74 Å². The first-order valence-corrected chi connectivity index (χ1v) is 8.75. The van der Waals surface area contributed by atoms with Crippen LogP contribution < -0.4 is 5.32 Å². The van der Waals surface area contributed by atoms with Gasteiger partial charge in [-0.3, -0.25) is 9.89 Å². The molecule has 0 bridgehead atoms. The van der Waals surface area contributed by atoms with E-state index in [0.29, 0.717) is 11.9 Å². The molecule has 2 N–H and O–H groups in total. The summed E-state index contributed by atoms with van der Waals surface area (Å²) in [6, 6.07) is 7.30. The largest absolute Gasteiger partial charge is 0.448 e. The van der Waals surface area contributed by atoms with Gasteiger partial charge in [-0.2, -0.15) is 5.10 Å². The molecule has 1 aliphatic rings. The Hall–Kier alpha value is -2.63. The average Bonchev–Trinajstić information content (AvgIpc) is 3.06. The summed E-state index contributed by atoms with van der Waals surface area (Å²) in [6.07, 6.45) is 7.00. The number of H-pyrrole nitrogens is 1. The number of aromatic amines is 1. The Balaban J connectivity index is 1.50. The van der Waals surface area contributed by atoms with Crippen molar-refractivity contribution in [3.63, 3.8) is 0 Å². The number of esters is 1. The van der Waals surface area contributed by atoms with Gasteiger partial charge in [-0.15, -0.1) is 0 Å². The molecule has 3 rings (SSSR count). The maximum absolute atomic E-state index is 12.3. The van der Waals surface area contributed by atoms with Crippen LogP contribution in [-0.4, -0.2) is 34.7 Å². The van der Waals surface area contributed by atoms with Gasteiger partial charge in [0.25, 0.3) is 5.91 Å². The lowest BCUT2D eigenvalue weighted by Crippen LogP contribution is -2.36. The van der Waals surface area contributed by atoms with Crippen molar-refractivity contribution in [3.05, 3.63) is 41.6 Å². The highest BCUT2D eigenvalue weighted by Gasteiger charge is 2.22. The lowest BCUT2D eigenvalue weighted by Gasteiger charge is -2.15. The van der Waals surface area contributed by atoms with Crippen LogP contribution in [0.1, 0.15) is 49.5 Å². The van der Waals surface area contributed by atoms with Crippen molar-refractivity contribution in [1.82, 2.24) is 15.5 Å². The summed E-state index contributed by atoms with van der Waals surface area (Å²) in [5.74, 6) is -0.889. The second kappa shape index (κ2) is 7.96. The van der Waals surface area contributed by atoms with Gasteiger partial charge in [-0.25, -0.2) is 4.79 Å². The fourth-order valence-electron chi connectivity index (χ4n) is 3.01. The van der Waals surface area contributed by atoms with Crippen molar-refractivity contribution >= 4 is 22.8 Å². The van der Waals surface area contributed by atoms with E-state index < -0.39 is 12.1 Å². The van der Waals surface area contributed by atoms with Crippen LogP contribution >= 0.6 is 0 Å². The number of hydrogen-bond donors (Lipinski definition) is 2. The van der Waals surface area contributed by atoms with Gasteiger partial charge >= 0.3 is 5.97 Å². The predicted molar refractivity (Wildman–Crippen MR) is 95.1 cm³/mol. The average molecular weight is 341 g/mol. The first-order chi connectivity index (χ1) is 12.1. The Morgan fingerprint density at radius 3 is 2.96 bits per heavy atom. The number of hydrogen-bond acceptors (Lipinski definition) is 4. The molecule has 25 heavy (non-hydrogen) atoms. The zero-order valence-corrected chi connectivity index (χ0v) is 14.4. The van der Waals surface area contributed by atoms with Crippen LogP contribution in [0.3, 0.4) is 0 Å². The fraction of sp³-hybridized carbons (Fsp3) is 0.421. The van der Waals surface area contributed by atoms with Crippen molar-refractivity contribution in [2.45, 2.75) is 45.1 Å². The zero-order chi connectivity index (χ0) is 17.6. The van der Waals surface area contributed by atoms with Crippen LogP contribution in [0.4, 0.5) is 0 Å². The molecule has 6 nitrogen and oxygen atoms in total. The van der Waals surface area contributed by atoms with Gasteiger partial charge < -0.3 is 10.1 Å². The van der Waals surface area contributed by atoms with Gasteiger partial charge in [0.2, 0.25) is 0 Å². The smallest absolute Gasteiger partial charge is 0.360 e. The van der Waals surface area contributed by atoms with Crippen molar-refractivity contribution in [2.75, 3.05) is 6.54 Å². The van der Waals surface area contributed by atoms with Crippen LogP contribution in [0.5, 0.6) is 0 Å². The molecule has 1 amide bonds. The lowest BCUT2D eigenvalue weighted by atomic mass is 9.97. The van der Waals surface area contributed by atoms with Crippen LogP contribution in [0.2, 0.25) is 0 Å². The van der Waals surface area contributed by atoms with E-state index in [1.54, 1.807) is 13.0 Å². The Bertz CT molecular complexity index is 794. The number of allylic oxidation sites excluding steroid dienone is 1. The van der Waals surface area contributed by atoms with Crippen molar-refractivity contribution in [3.8, 4) is 0 Å². The number of nitrogens with zero attached hydrogens (tertiary/aromatic N) is 1. The summed E-state index contributed by atoms with van der Waals surface area (Å²) in [7, 11) is 0. The molecular formula is C19H23N3O3. The Morgan fingerprint density at radius 2 is 2.16 bits per heavy atom. The molecule has 1 aliphatic carbocycles. The summed E-state index contributed by atoms with van der Waals surface area (Å²) in [6.45, 7) is 2.14. The topological polar surface area (TPSA) is 84.1 Å². The Morgan fingerprint density at radius 1 is 1.32 bits per heavy atom. The molecule has 0 aliphatic heterocycles. The number of carbonyl (C=O) groups excluding carboxylic acids is 2. The minimum atomic E-state index is -0.858. The number of carbonyl (C=O) groups is 2. The van der Waals surface area contributed by atoms with E-state index in [2.05, 4.69) is 21.6 Å². The maximum Gasteiger partial charge on any atom is 0.360 e. The van der Waals surface area contributed by atoms with Gasteiger partial charge in [-0.1, -0.05) is 29.8 Å². The quantitative estimate of drug-likeness (QED) is 0.624. The van der Waals surface area contributed by atoms with E-state index in [1.165, 1.54) is 18.4 Å². The lowest BCUT2D eigenvalue weighted by molar-refractivity contribution is -0.129. The van der Waals surface area contributed by atoms with Crippen LogP contribution in [-0.2, 0) is 9.53 Å². The number of benzene rings is 1. The number of rotatable bonds is 6. The van der Waals surface area contributed by atoms with E-state index in [-0.39, 0.29) is 11.6 Å². The number of aromatic nitrogens is 2. The molecule has 0 fully saturated rings. The monoisotopic (exact) mass is 341 g/mol. The highest BCUT2D eigenvalue weighted by atomic mass is 16.5. The molecule has 0 saturated heterocycles. The van der Waals surface area contributed by atoms with Gasteiger partial charge in [0.05, 0.1) is 5.52 Å². The summed E-state index contributed by atoms with van der Waals surface area (Å²) < 4.78 is 5.26. The van der Waals surface area contributed by atoms with Crippen molar-refractivity contribution < 1.29 is 14.3 Å². The van der Waals surface area contributed by atoms with Crippen LogP contribution in [0, 0.1) is 0 Å². The molecule has 0 unspecified atom stereocenters. The van der Waals surface area contributed by atoms with Crippen LogP contribution in [0.25, 0.3) is 10.9 Å². The number of ether oxygens (including phenoxy) is 1. The zero-order valence-electron chi connectivity index (χ0n) is 14.4. The van der Waals surface area contributed by atoms with E-state index in [1.807, 2.05) is 18.2 Å². The number of amides is 1. The first-order valence-electron chi connectivity index (χ1n) is 8.75. The third-order valence-corrected chi connectivity index (χ3v) is 4.45. The molecule has 0 saturated carbocycles. The normalized spacial score (nSPS) is 15.5. The molecule has 1 atom stereocenters. The molecular weight excluding hydrogens is 318 g/mol. The molecule has 1 aromatic carbocycles. The molecule has 1 heterocycles. The Labute approximate surface area is 146 Å². The molecule has 2 aromatic rings. The van der Waals surface area contributed by atoms with Crippen LogP contribution in [0.15, 0.2) is 35.9 Å². The highest BCUT2D eigenvalue weighted by molar-refractivity contribution is 6.02. The highest BCUT2D eigenvalue weighted by Crippen LogP contribution is 2.19. The van der Waals surface area contributed by atoms with Gasteiger partial charge in [0, 0.05) is 11.9 Å². The Kier molecular flexibility index (Phi) is 5.48. The van der Waals surface area contributed by atoms with Gasteiger partial charge in [-0.05, 0) is 45.1 Å². The molecule has 1 aromatic heterocycles. The summed E-state index contributed by atoms with van der Waals surface area (Å²) in [5, 5.41) is 10.3. The molecule has 0 spiro atoms. The van der Waals surface area contributed by atoms with E-state index in [9.17, 15) is 9.59 Å². The minimum absolute atomic E-state index is 0.197. The predicted octanol–water partition coefficient (Wildman–Crippen LogP) is 3.11. The minimum Gasteiger partial charge on any atom is -0.448 e. The van der Waals surface area contributed by atoms with Crippen molar-refractivity contribution in [2.24, 2.45) is 0 Å². The van der Waals surface area contributed by atoms with Gasteiger partial charge in [0.15, 0.2) is 11.8 Å². The summed E-state index contributed by atoms with van der Waals surface area (Å²) >= 11 is 0. The SMILES string of the molecule is C[C@@H](OC(=O)c1n[nH]c2ccccc12)C(=O)NCCC1=CCCCC1. The molecule has 132 valence electrons. The van der Waals surface area contributed by atoms with E-state index >= 15 is 0 Å². The number of nitrogens with one attached hydrogen (secondary N) is 2. The number of para-hydroxylation sites is 1. The first kappa shape index (κ1) is 17.2. The van der Waals surface area contributed by atoms with Gasteiger partial charge in [0.1, 0.15) is 0 Å². The maximum atomic E-state index is 12.3. The second-order valence-corrected chi connectivity index (χ2v) is 6.31. The molecule has 0 radical (unpaired) electrons. The second-order valence-electron chi connectivity index (χ2n) is 6.31. The third-order valence-electron chi connectivity index (χ3n) is 4.45. The van der Waals surface area contributed by atoms with E-state index in [0.717, 1.165) is 24.8 Å².